The Morgan fingerprint density at radius 1 is 1.06 bits per heavy atom. The molecule has 33 heavy (non-hydrogen) atoms. The molecule has 4 aromatic rings. The first-order chi connectivity index (χ1) is 16.1. The monoisotopic (exact) mass is 443 g/mol. The van der Waals surface area contributed by atoms with Gasteiger partial charge in [0.25, 0.3) is 0 Å². The Morgan fingerprint density at radius 3 is 2.70 bits per heavy atom. The third-order valence-electron chi connectivity index (χ3n) is 6.12. The summed E-state index contributed by atoms with van der Waals surface area (Å²) in [6.07, 6.45) is 0.420. The molecule has 3 aromatic carbocycles. The van der Waals surface area contributed by atoms with Crippen LogP contribution in [0.25, 0.3) is 11.0 Å². The van der Waals surface area contributed by atoms with E-state index in [0.29, 0.717) is 32.7 Å². The number of hydrogen-bond donors (Lipinski definition) is 0. The molecule has 1 amide bonds. The van der Waals surface area contributed by atoms with E-state index in [0.717, 1.165) is 33.7 Å². The normalized spacial score (nSPS) is 16.0. The van der Waals surface area contributed by atoms with Crippen molar-refractivity contribution in [3.63, 3.8) is 0 Å². The van der Waals surface area contributed by atoms with Gasteiger partial charge in [-0.05, 0) is 54.4 Å². The third-order valence-corrected chi connectivity index (χ3v) is 6.12. The SMILES string of the molecule is Cc1cccc(OCCn2c(C3CC(=O)N(Cc4ccc(F)cc4)C3)nc3ccccc32)c1. The predicted molar refractivity (Wildman–Crippen MR) is 126 cm³/mol. The van der Waals surface area contributed by atoms with E-state index in [1.807, 2.05) is 54.3 Å². The number of ether oxygens (including phenoxy) is 1. The molecule has 6 heteroatoms. The molecule has 0 bridgehead atoms. The number of aromatic nitrogens is 2. The van der Waals surface area contributed by atoms with E-state index in [2.05, 4.69) is 10.6 Å². The maximum atomic E-state index is 13.2. The minimum atomic E-state index is -0.272. The first kappa shape index (κ1) is 21.2. The number of halogens is 1. The number of fused-ring (bicyclic) bond motifs is 1. The molecule has 1 aromatic heterocycles. The Balaban J connectivity index is 1.35. The first-order valence-corrected chi connectivity index (χ1v) is 11.2. The highest BCUT2D eigenvalue weighted by Crippen LogP contribution is 2.31. The van der Waals surface area contributed by atoms with E-state index in [1.165, 1.54) is 12.1 Å². The highest BCUT2D eigenvalue weighted by molar-refractivity contribution is 5.81. The molecule has 1 aliphatic heterocycles. The summed E-state index contributed by atoms with van der Waals surface area (Å²) in [5, 5.41) is 0. The maximum Gasteiger partial charge on any atom is 0.223 e. The van der Waals surface area contributed by atoms with Crippen LogP contribution < -0.4 is 4.74 Å². The van der Waals surface area contributed by atoms with Crippen molar-refractivity contribution < 1.29 is 13.9 Å². The van der Waals surface area contributed by atoms with Gasteiger partial charge in [-0.25, -0.2) is 9.37 Å². The molecule has 2 heterocycles. The molecule has 1 fully saturated rings. The molecule has 5 nitrogen and oxygen atoms in total. The molecule has 0 spiro atoms. The summed E-state index contributed by atoms with van der Waals surface area (Å²) in [4.78, 5) is 19.5. The fraction of sp³-hybridized carbons (Fsp3) is 0.259. The summed E-state index contributed by atoms with van der Waals surface area (Å²) in [5.41, 5.74) is 4.05. The molecule has 0 radical (unpaired) electrons. The predicted octanol–water partition coefficient (Wildman–Crippen LogP) is 5.08. The standard InChI is InChI=1S/C27H26FN3O2/c1-19-5-4-6-23(15-19)33-14-13-31-25-8-3-2-7-24(25)29-27(31)21-16-26(32)30(18-21)17-20-9-11-22(28)12-10-20/h2-12,15,21H,13-14,16-18H2,1H3. The molecule has 1 unspecified atom stereocenters. The first-order valence-electron chi connectivity index (χ1n) is 11.2. The van der Waals surface area contributed by atoms with E-state index in [1.54, 1.807) is 12.1 Å². The number of imidazole rings is 1. The fourth-order valence-electron chi connectivity index (χ4n) is 4.51. The van der Waals surface area contributed by atoms with Gasteiger partial charge in [0.2, 0.25) is 5.91 Å². The number of para-hydroxylation sites is 2. The number of hydrogen-bond acceptors (Lipinski definition) is 3. The van der Waals surface area contributed by atoms with E-state index >= 15 is 0 Å². The van der Waals surface area contributed by atoms with E-state index < -0.39 is 0 Å². The Morgan fingerprint density at radius 2 is 1.88 bits per heavy atom. The van der Waals surface area contributed by atoms with Gasteiger partial charge in [0.15, 0.2) is 0 Å². The largest absolute Gasteiger partial charge is 0.492 e. The zero-order chi connectivity index (χ0) is 22.8. The maximum absolute atomic E-state index is 13.2. The fourth-order valence-corrected chi connectivity index (χ4v) is 4.51. The van der Waals surface area contributed by atoms with Crippen LogP contribution in [0.1, 0.15) is 29.3 Å². The molecule has 168 valence electrons. The topological polar surface area (TPSA) is 47.4 Å². The van der Waals surface area contributed by atoms with Crippen molar-refractivity contribution in [1.82, 2.24) is 14.5 Å². The van der Waals surface area contributed by atoms with Crippen LogP contribution in [0.4, 0.5) is 4.39 Å². The van der Waals surface area contributed by atoms with Crippen molar-refractivity contribution in [3.8, 4) is 5.75 Å². The highest BCUT2D eigenvalue weighted by Gasteiger charge is 2.34. The van der Waals surface area contributed by atoms with Gasteiger partial charge in [0, 0.05) is 25.4 Å². The van der Waals surface area contributed by atoms with Crippen LogP contribution in [-0.4, -0.2) is 33.5 Å². The second-order valence-corrected chi connectivity index (χ2v) is 8.58. The number of benzene rings is 3. The summed E-state index contributed by atoms with van der Waals surface area (Å²) in [5.74, 6) is 1.59. The number of carbonyl (C=O) groups is 1. The van der Waals surface area contributed by atoms with Gasteiger partial charge in [0.1, 0.15) is 24.0 Å². The molecule has 5 rings (SSSR count). The quantitative estimate of drug-likeness (QED) is 0.400. The number of aryl methyl sites for hydroxylation is 1. The third kappa shape index (κ3) is 4.60. The molecule has 0 saturated carbocycles. The summed E-state index contributed by atoms with van der Waals surface area (Å²) in [7, 11) is 0. The van der Waals surface area contributed by atoms with Crippen molar-refractivity contribution in [2.75, 3.05) is 13.2 Å². The van der Waals surface area contributed by atoms with Crippen LogP contribution in [0.2, 0.25) is 0 Å². The molecule has 1 aliphatic rings. The molecule has 0 aliphatic carbocycles. The molecule has 0 N–H and O–H groups in total. The van der Waals surface area contributed by atoms with Crippen molar-refractivity contribution in [2.24, 2.45) is 0 Å². The van der Waals surface area contributed by atoms with Gasteiger partial charge in [0.05, 0.1) is 17.6 Å². The Kier molecular flexibility index (Phi) is 5.82. The van der Waals surface area contributed by atoms with Crippen molar-refractivity contribution >= 4 is 16.9 Å². The van der Waals surface area contributed by atoms with E-state index in [-0.39, 0.29) is 17.6 Å². The zero-order valence-electron chi connectivity index (χ0n) is 18.6. The van der Waals surface area contributed by atoms with Gasteiger partial charge < -0.3 is 14.2 Å². The van der Waals surface area contributed by atoms with Crippen molar-refractivity contribution in [2.45, 2.75) is 32.4 Å². The number of rotatable bonds is 7. The summed E-state index contributed by atoms with van der Waals surface area (Å²) >= 11 is 0. The zero-order valence-corrected chi connectivity index (χ0v) is 18.6. The van der Waals surface area contributed by atoms with Crippen LogP contribution in [-0.2, 0) is 17.9 Å². The summed E-state index contributed by atoms with van der Waals surface area (Å²) < 4.78 is 21.4. The lowest BCUT2D eigenvalue weighted by atomic mass is 10.1. The van der Waals surface area contributed by atoms with Crippen LogP contribution in [0.3, 0.4) is 0 Å². The Labute approximate surface area is 192 Å². The van der Waals surface area contributed by atoms with E-state index in [4.69, 9.17) is 9.72 Å². The second kappa shape index (κ2) is 9.06. The van der Waals surface area contributed by atoms with Crippen LogP contribution >= 0.6 is 0 Å². The Bertz CT molecular complexity index is 1280. The van der Waals surface area contributed by atoms with Crippen LogP contribution in [0.5, 0.6) is 5.75 Å². The van der Waals surface area contributed by atoms with Gasteiger partial charge in [-0.1, -0.05) is 36.4 Å². The van der Waals surface area contributed by atoms with Crippen molar-refractivity contribution in [3.05, 3.63) is 95.6 Å². The number of carbonyl (C=O) groups excluding carboxylic acids is 1. The highest BCUT2D eigenvalue weighted by atomic mass is 19.1. The lowest BCUT2D eigenvalue weighted by molar-refractivity contribution is -0.128. The minimum absolute atomic E-state index is 0.00400. The number of amides is 1. The molecule has 1 atom stereocenters. The lowest BCUT2D eigenvalue weighted by Gasteiger charge is -2.17. The van der Waals surface area contributed by atoms with Gasteiger partial charge in [-0.2, -0.15) is 0 Å². The summed E-state index contributed by atoms with van der Waals surface area (Å²) in [6.45, 7) is 4.27. The molecule has 1 saturated heterocycles. The van der Waals surface area contributed by atoms with Crippen LogP contribution in [0, 0.1) is 12.7 Å². The molecular formula is C27H26FN3O2. The number of likely N-dealkylation sites (tertiary alicyclic amines) is 1. The van der Waals surface area contributed by atoms with Crippen LogP contribution in [0.15, 0.2) is 72.8 Å². The average Bonchev–Trinajstić information content (AvgIpc) is 3.36. The van der Waals surface area contributed by atoms with Gasteiger partial charge in [-0.15, -0.1) is 0 Å². The molecular weight excluding hydrogens is 417 g/mol. The average molecular weight is 444 g/mol. The number of nitrogens with zero attached hydrogens (tertiary/aromatic N) is 3. The Hall–Kier alpha value is -3.67. The second-order valence-electron chi connectivity index (χ2n) is 8.58. The van der Waals surface area contributed by atoms with Gasteiger partial charge >= 0.3 is 0 Å². The van der Waals surface area contributed by atoms with Gasteiger partial charge in [-0.3, -0.25) is 4.79 Å². The smallest absolute Gasteiger partial charge is 0.223 e. The van der Waals surface area contributed by atoms with E-state index in [9.17, 15) is 9.18 Å². The van der Waals surface area contributed by atoms with Crippen molar-refractivity contribution in [1.29, 1.82) is 0 Å². The summed E-state index contributed by atoms with van der Waals surface area (Å²) in [6, 6.07) is 22.4. The lowest BCUT2D eigenvalue weighted by Crippen LogP contribution is -2.24. The minimum Gasteiger partial charge on any atom is -0.492 e.